The quantitative estimate of drug-likeness (QED) is 0.378. The normalized spacial score (nSPS) is 16.4. The summed E-state index contributed by atoms with van der Waals surface area (Å²) >= 11 is 0. The molecular formula is C22H18F4N4O4S. The van der Waals surface area contributed by atoms with Crippen LogP contribution in [0.25, 0.3) is 22.5 Å². The molecule has 0 amide bonds. The van der Waals surface area contributed by atoms with E-state index in [1.165, 1.54) is 39.5 Å². The third-order valence-corrected chi connectivity index (χ3v) is 7.79. The molecule has 0 unspecified atom stereocenters. The third-order valence-electron chi connectivity index (χ3n) is 6.07. The van der Waals surface area contributed by atoms with Gasteiger partial charge >= 0.3 is 12.1 Å². The van der Waals surface area contributed by atoms with E-state index >= 15 is 0 Å². The number of alkyl halides is 2. The van der Waals surface area contributed by atoms with Crippen molar-refractivity contribution in [3.05, 3.63) is 70.0 Å². The van der Waals surface area contributed by atoms with Crippen LogP contribution in [0.15, 0.2) is 45.6 Å². The number of nitrogens with zero attached hydrogens (tertiary/aromatic N) is 4. The molecule has 2 aromatic carbocycles. The van der Waals surface area contributed by atoms with Gasteiger partial charge in [-0.3, -0.25) is 9.13 Å². The summed E-state index contributed by atoms with van der Waals surface area (Å²) in [5.41, 5.74) is 0.305. The standard InChI is InChI=1S/C22H18F4N4O4S/c23-14-3-4-17-18(10-14)29(22(31)30(17)15-5-7-35(32,33)8-6-15)11-13-2-1-12(9-16(13)24)20-27-28-21(34-20)19(25)26/h1-4,9-10,15,19H,5-8,11H2. The summed E-state index contributed by atoms with van der Waals surface area (Å²) < 4.78 is 85.6. The Kier molecular flexibility index (Phi) is 5.74. The van der Waals surface area contributed by atoms with E-state index in [1.807, 2.05) is 0 Å². The molecule has 3 heterocycles. The Morgan fingerprint density at radius 3 is 2.43 bits per heavy atom. The first-order valence-electron chi connectivity index (χ1n) is 10.6. The van der Waals surface area contributed by atoms with Gasteiger partial charge in [-0.2, -0.15) is 8.78 Å². The maximum Gasteiger partial charge on any atom is 0.329 e. The van der Waals surface area contributed by atoms with Gasteiger partial charge in [0.2, 0.25) is 5.89 Å². The first kappa shape index (κ1) is 23.3. The van der Waals surface area contributed by atoms with Gasteiger partial charge in [-0.25, -0.2) is 22.0 Å². The number of benzene rings is 2. The number of fused-ring (bicyclic) bond motifs is 1. The zero-order chi connectivity index (χ0) is 24.9. The number of rotatable bonds is 5. The number of imidazole rings is 1. The zero-order valence-corrected chi connectivity index (χ0v) is 18.8. The van der Waals surface area contributed by atoms with Crippen LogP contribution in [0.2, 0.25) is 0 Å². The SMILES string of the molecule is O=c1n(Cc2ccc(-c3nnc(C(F)F)o3)cc2F)c2cc(F)ccc2n1C1CCS(=O)(=O)CC1. The van der Waals surface area contributed by atoms with Crippen molar-refractivity contribution in [3.8, 4) is 11.5 Å². The molecule has 1 aliphatic rings. The molecule has 0 atom stereocenters. The summed E-state index contributed by atoms with van der Waals surface area (Å²) in [5, 5.41) is 6.70. The Hall–Kier alpha value is -3.48. The van der Waals surface area contributed by atoms with Crippen LogP contribution < -0.4 is 5.69 Å². The van der Waals surface area contributed by atoms with Crippen molar-refractivity contribution in [2.45, 2.75) is 31.9 Å². The molecule has 0 spiro atoms. The molecule has 13 heteroatoms. The fraction of sp³-hybridized carbons (Fsp3) is 0.318. The van der Waals surface area contributed by atoms with Crippen LogP contribution in [0.3, 0.4) is 0 Å². The van der Waals surface area contributed by atoms with Crippen LogP contribution in [-0.2, 0) is 16.4 Å². The van der Waals surface area contributed by atoms with Crippen molar-refractivity contribution in [2.75, 3.05) is 11.5 Å². The van der Waals surface area contributed by atoms with Gasteiger partial charge in [0.25, 0.3) is 5.89 Å². The highest BCUT2D eigenvalue weighted by Gasteiger charge is 2.28. The van der Waals surface area contributed by atoms with Crippen LogP contribution in [0.5, 0.6) is 0 Å². The van der Waals surface area contributed by atoms with Crippen molar-refractivity contribution in [1.82, 2.24) is 19.3 Å². The van der Waals surface area contributed by atoms with E-state index in [4.69, 9.17) is 4.42 Å². The van der Waals surface area contributed by atoms with Gasteiger partial charge < -0.3 is 4.42 Å². The number of hydrogen-bond donors (Lipinski definition) is 0. The number of halogens is 4. The first-order valence-corrected chi connectivity index (χ1v) is 12.5. The average Bonchev–Trinajstić information content (AvgIpc) is 3.40. The first-order chi connectivity index (χ1) is 16.6. The highest BCUT2D eigenvalue weighted by Crippen LogP contribution is 2.29. The molecule has 1 fully saturated rings. The van der Waals surface area contributed by atoms with Gasteiger partial charge in [0.05, 0.1) is 29.1 Å². The van der Waals surface area contributed by atoms with Crippen LogP contribution in [0, 0.1) is 11.6 Å². The Labute approximate surface area is 195 Å². The number of hydrogen-bond acceptors (Lipinski definition) is 6. The summed E-state index contributed by atoms with van der Waals surface area (Å²) in [6, 6.07) is 7.18. The second-order valence-corrected chi connectivity index (χ2v) is 10.6. The van der Waals surface area contributed by atoms with E-state index in [0.29, 0.717) is 5.52 Å². The summed E-state index contributed by atoms with van der Waals surface area (Å²) in [4.78, 5) is 13.4. The number of sulfone groups is 1. The maximum absolute atomic E-state index is 14.9. The van der Waals surface area contributed by atoms with Gasteiger partial charge in [0.1, 0.15) is 21.5 Å². The second kappa shape index (κ2) is 8.63. The van der Waals surface area contributed by atoms with Crippen molar-refractivity contribution < 1.29 is 30.4 Å². The third kappa shape index (κ3) is 4.35. The van der Waals surface area contributed by atoms with E-state index < -0.39 is 45.5 Å². The van der Waals surface area contributed by atoms with Gasteiger partial charge in [0.15, 0.2) is 0 Å². The summed E-state index contributed by atoms with van der Waals surface area (Å²) in [5.74, 6) is -2.63. The van der Waals surface area contributed by atoms with E-state index in [9.17, 15) is 30.8 Å². The zero-order valence-electron chi connectivity index (χ0n) is 18.0. The van der Waals surface area contributed by atoms with Gasteiger partial charge in [-0.05, 0) is 43.2 Å². The molecule has 0 aliphatic carbocycles. The molecule has 0 saturated carbocycles. The molecule has 35 heavy (non-hydrogen) atoms. The van der Waals surface area contributed by atoms with Gasteiger partial charge in [-0.1, -0.05) is 6.07 Å². The minimum atomic E-state index is -3.16. The van der Waals surface area contributed by atoms with Gasteiger partial charge in [0, 0.05) is 17.2 Å². The predicted molar refractivity (Wildman–Crippen MR) is 117 cm³/mol. The van der Waals surface area contributed by atoms with Crippen LogP contribution in [0.4, 0.5) is 17.6 Å². The predicted octanol–water partition coefficient (Wildman–Crippen LogP) is 3.87. The molecule has 4 aromatic rings. The van der Waals surface area contributed by atoms with E-state index in [0.717, 1.165) is 6.07 Å². The van der Waals surface area contributed by atoms with Crippen LogP contribution in [0.1, 0.15) is 36.8 Å². The summed E-state index contributed by atoms with van der Waals surface area (Å²) in [6.07, 6.45) is -2.48. The van der Waals surface area contributed by atoms with Crippen LogP contribution >= 0.6 is 0 Å². The molecule has 0 N–H and O–H groups in total. The Morgan fingerprint density at radius 2 is 1.77 bits per heavy atom. The van der Waals surface area contributed by atoms with E-state index in [1.54, 1.807) is 0 Å². The minimum absolute atomic E-state index is 0.0585. The van der Waals surface area contributed by atoms with Crippen molar-refractivity contribution >= 4 is 20.9 Å². The molecule has 1 saturated heterocycles. The molecule has 0 radical (unpaired) electrons. The molecule has 184 valence electrons. The van der Waals surface area contributed by atoms with E-state index in [-0.39, 0.29) is 53.4 Å². The van der Waals surface area contributed by atoms with Crippen molar-refractivity contribution in [2.24, 2.45) is 0 Å². The molecule has 0 bridgehead atoms. The highest BCUT2D eigenvalue weighted by molar-refractivity contribution is 7.91. The van der Waals surface area contributed by atoms with Gasteiger partial charge in [-0.15, -0.1) is 10.2 Å². The molecule has 1 aliphatic heterocycles. The lowest BCUT2D eigenvalue weighted by Crippen LogP contribution is -2.33. The monoisotopic (exact) mass is 510 g/mol. The smallest absolute Gasteiger partial charge is 0.329 e. The lowest BCUT2D eigenvalue weighted by atomic mass is 10.1. The Balaban J connectivity index is 1.52. The minimum Gasteiger partial charge on any atom is -0.415 e. The van der Waals surface area contributed by atoms with Crippen molar-refractivity contribution in [1.29, 1.82) is 0 Å². The molecule has 2 aromatic heterocycles. The Bertz CT molecular complexity index is 1580. The van der Waals surface area contributed by atoms with Crippen molar-refractivity contribution in [3.63, 3.8) is 0 Å². The molecule has 8 nitrogen and oxygen atoms in total. The lowest BCUT2D eigenvalue weighted by Gasteiger charge is -2.23. The lowest BCUT2D eigenvalue weighted by molar-refractivity contribution is 0.116. The second-order valence-electron chi connectivity index (χ2n) is 8.31. The van der Waals surface area contributed by atoms with E-state index in [2.05, 4.69) is 10.2 Å². The molecular weight excluding hydrogens is 492 g/mol. The number of aromatic nitrogens is 4. The summed E-state index contributed by atoms with van der Waals surface area (Å²) in [7, 11) is -3.16. The van der Waals surface area contributed by atoms with Crippen LogP contribution in [-0.4, -0.2) is 39.3 Å². The highest BCUT2D eigenvalue weighted by atomic mass is 32.2. The largest absolute Gasteiger partial charge is 0.415 e. The fourth-order valence-electron chi connectivity index (χ4n) is 4.31. The average molecular weight is 510 g/mol. The Morgan fingerprint density at radius 1 is 1.03 bits per heavy atom. The molecule has 5 rings (SSSR count). The topological polar surface area (TPSA) is 100.0 Å². The maximum atomic E-state index is 14.9. The fourth-order valence-corrected chi connectivity index (χ4v) is 5.78. The summed E-state index contributed by atoms with van der Waals surface area (Å²) in [6.45, 7) is -0.241.